The van der Waals surface area contributed by atoms with Crippen molar-refractivity contribution < 1.29 is 14.7 Å². The largest absolute Gasteiger partial charge is 0.507 e. The summed E-state index contributed by atoms with van der Waals surface area (Å²) >= 11 is 0. The van der Waals surface area contributed by atoms with Gasteiger partial charge in [-0.25, -0.2) is 0 Å². The zero-order chi connectivity index (χ0) is 22.1. The second-order valence-electron chi connectivity index (χ2n) is 7.72. The minimum atomic E-state index is -0.721. The first kappa shape index (κ1) is 19.7. The van der Waals surface area contributed by atoms with Crippen LogP contribution in [0.25, 0.3) is 16.5 Å². The maximum Gasteiger partial charge on any atom is 0.295 e. The smallest absolute Gasteiger partial charge is 0.295 e. The van der Waals surface area contributed by atoms with Crippen LogP contribution in [0.5, 0.6) is 0 Å². The van der Waals surface area contributed by atoms with Crippen molar-refractivity contribution in [1.82, 2.24) is 9.88 Å². The van der Waals surface area contributed by atoms with Crippen molar-refractivity contribution in [2.24, 2.45) is 0 Å². The number of nitrogens with zero attached hydrogens (tertiary/aromatic N) is 2. The second-order valence-corrected chi connectivity index (χ2v) is 7.72. The van der Waals surface area contributed by atoms with Crippen LogP contribution in [0.4, 0.5) is 0 Å². The predicted molar refractivity (Wildman–Crippen MR) is 122 cm³/mol. The maximum atomic E-state index is 13.2. The number of hydrogen-bond donors (Lipinski definition) is 1. The third kappa shape index (κ3) is 3.34. The van der Waals surface area contributed by atoms with Gasteiger partial charge in [0.2, 0.25) is 0 Å². The molecule has 1 aliphatic rings. The minimum absolute atomic E-state index is 0.0986. The van der Waals surface area contributed by atoms with Crippen LogP contribution < -0.4 is 0 Å². The van der Waals surface area contributed by atoms with Gasteiger partial charge in [-0.3, -0.25) is 14.6 Å². The number of benzene rings is 3. The number of likely N-dealkylation sites (tertiary alicyclic amines) is 1. The summed E-state index contributed by atoms with van der Waals surface area (Å²) in [6, 6.07) is 25.4. The molecule has 1 fully saturated rings. The van der Waals surface area contributed by atoms with Crippen molar-refractivity contribution in [3.8, 4) is 0 Å². The lowest BCUT2D eigenvalue weighted by atomic mass is 9.91. The average molecular weight is 420 g/mol. The molecule has 5 rings (SSSR count). The van der Waals surface area contributed by atoms with E-state index in [0.717, 1.165) is 21.9 Å². The first-order chi connectivity index (χ1) is 15.6. The van der Waals surface area contributed by atoms with Gasteiger partial charge in [-0.15, -0.1) is 0 Å². The maximum absolute atomic E-state index is 13.2. The summed E-state index contributed by atoms with van der Waals surface area (Å²) in [6.45, 7) is 0.206. The third-order valence-electron chi connectivity index (χ3n) is 5.78. The normalized spacial score (nSPS) is 17.8. The highest BCUT2D eigenvalue weighted by molar-refractivity contribution is 6.46. The second kappa shape index (κ2) is 8.12. The van der Waals surface area contributed by atoms with Crippen LogP contribution in [0.3, 0.4) is 0 Å². The number of rotatable bonds is 4. The summed E-state index contributed by atoms with van der Waals surface area (Å²) in [6.07, 6.45) is 3.34. The molecule has 5 heteroatoms. The Balaban J connectivity index is 1.74. The van der Waals surface area contributed by atoms with Gasteiger partial charge in [0.05, 0.1) is 11.6 Å². The van der Waals surface area contributed by atoms with Gasteiger partial charge in [0.1, 0.15) is 5.76 Å². The molecule has 156 valence electrons. The molecule has 1 aromatic heterocycles. The first-order valence-corrected chi connectivity index (χ1v) is 10.4. The standard InChI is InChI=1S/C27H20N2O3/c30-25(20-10-2-1-3-11-20)23-24(22-14-6-12-19-9-4-5-13-21(19)22)29(27(32)26(23)31)17-18-8-7-15-28-16-18/h1-16,24,30H,17H2. The van der Waals surface area contributed by atoms with Crippen molar-refractivity contribution >= 4 is 28.2 Å². The molecule has 0 aliphatic carbocycles. The Morgan fingerprint density at radius 3 is 2.41 bits per heavy atom. The van der Waals surface area contributed by atoms with E-state index >= 15 is 0 Å². The molecule has 0 bridgehead atoms. The Kier molecular flexibility index (Phi) is 5.00. The summed E-state index contributed by atoms with van der Waals surface area (Å²) in [5.74, 6) is -1.49. The molecule has 1 N–H and O–H groups in total. The summed E-state index contributed by atoms with van der Waals surface area (Å²) in [4.78, 5) is 32.1. The number of fused-ring (bicyclic) bond motifs is 1. The van der Waals surface area contributed by atoms with Gasteiger partial charge in [0, 0.05) is 24.5 Å². The molecule has 2 heterocycles. The first-order valence-electron chi connectivity index (χ1n) is 10.4. The van der Waals surface area contributed by atoms with Gasteiger partial charge in [-0.1, -0.05) is 78.9 Å². The Morgan fingerprint density at radius 1 is 0.875 bits per heavy atom. The molecule has 0 radical (unpaired) electrons. The molecular formula is C27H20N2O3. The molecule has 1 unspecified atom stereocenters. The molecule has 4 aromatic rings. The van der Waals surface area contributed by atoms with E-state index in [9.17, 15) is 14.7 Å². The molecule has 32 heavy (non-hydrogen) atoms. The van der Waals surface area contributed by atoms with E-state index in [-0.39, 0.29) is 17.9 Å². The number of ketones is 1. The van der Waals surface area contributed by atoms with Crippen LogP contribution in [0, 0.1) is 0 Å². The number of Topliss-reactive ketones (excluding diaryl/α,β-unsaturated/α-hetero) is 1. The van der Waals surface area contributed by atoms with Crippen LogP contribution >= 0.6 is 0 Å². The molecule has 1 atom stereocenters. The summed E-state index contributed by atoms with van der Waals surface area (Å²) in [5, 5.41) is 13.1. The van der Waals surface area contributed by atoms with E-state index in [4.69, 9.17) is 0 Å². The molecule has 5 nitrogen and oxygen atoms in total. The molecule has 1 amide bonds. The highest BCUT2D eigenvalue weighted by atomic mass is 16.3. The zero-order valence-electron chi connectivity index (χ0n) is 17.2. The summed E-state index contributed by atoms with van der Waals surface area (Å²) < 4.78 is 0. The van der Waals surface area contributed by atoms with Crippen molar-refractivity contribution in [3.63, 3.8) is 0 Å². The van der Waals surface area contributed by atoms with Crippen LogP contribution in [0.15, 0.2) is 103 Å². The number of carbonyl (C=O) groups is 2. The molecule has 3 aromatic carbocycles. The molecule has 0 saturated carbocycles. The minimum Gasteiger partial charge on any atom is -0.507 e. The lowest BCUT2D eigenvalue weighted by molar-refractivity contribution is -0.140. The molecular weight excluding hydrogens is 400 g/mol. The van der Waals surface area contributed by atoms with E-state index in [2.05, 4.69) is 4.98 Å². The highest BCUT2D eigenvalue weighted by Crippen LogP contribution is 2.42. The fourth-order valence-electron chi connectivity index (χ4n) is 4.30. The number of aromatic nitrogens is 1. The number of aliphatic hydroxyl groups excluding tert-OH is 1. The lowest BCUT2D eigenvalue weighted by Gasteiger charge is -2.26. The van der Waals surface area contributed by atoms with Crippen molar-refractivity contribution in [3.05, 3.63) is 120 Å². The number of hydrogen-bond acceptors (Lipinski definition) is 4. The SMILES string of the molecule is O=C1C(=O)N(Cc2cccnc2)C(c2cccc3ccccc23)C1=C(O)c1ccccc1. The fourth-order valence-corrected chi connectivity index (χ4v) is 4.30. The number of amides is 1. The topological polar surface area (TPSA) is 70.5 Å². The monoisotopic (exact) mass is 420 g/mol. The summed E-state index contributed by atoms with van der Waals surface area (Å²) in [5.41, 5.74) is 2.20. The number of carbonyl (C=O) groups excluding carboxylic acids is 2. The fraction of sp³-hybridized carbons (Fsp3) is 0.0741. The van der Waals surface area contributed by atoms with Crippen LogP contribution in [-0.2, 0) is 16.1 Å². The molecule has 1 saturated heterocycles. The van der Waals surface area contributed by atoms with Gasteiger partial charge in [-0.2, -0.15) is 0 Å². The van der Waals surface area contributed by atoms with E-state index in [1.165, 1.54) is 4.90 Å². The predicted octanol–water partition coefficient (Wildman–Crippen LogP) is 4.86. The van der Waals surface area contributed by atoms with Crippen molar-refractivity contribution in [1.29, 1.82) is 0 Å². The van der Waals surface area contributed by atoms with Gasteiger partial charge in [0.15, 0.2) is 0 Å². The lowest BCUT2D eigenvalue weighted by Crippen LogP contribution is -2.29. The van der Waals surface area contributed by atoms with Gasteiger partial charge >= 0.3 is 0 Å². The number of aliphatic hydroxyl groups is 1. The van der Waals surface area contributed by atoms with Crippen molar-refractivity contribution in [2.45, 2.75) is 12.6 Å². The van der Waals surface area contributed by atoms with E-state index < -0.39 is 17.7 Å². The van der Waals surface area contributed by atoms with Crippen LogP contribution in [-0.4, -0.2) is 26.7 Å². The van der Waals surface area contributed by atoms with Gasteiger partial charge in [-0.05, 0) is 28.0 Å². The Hall–Kier alpha value is -4.25. The Morgan fingerprint density at radius 2 is 1.62 bits per heavy atom. The Bertz CT molecular complexity index is 1340. The van der Waals surface area contributed by atoms with Gasteiger partial charge in [0.25, 0.3) is 11.7 Å². The molecule has 1 aliphatic heterocycles. The third-order valence-corrected chi connectivity index (χ3v) is 5.78. The van der Waals surface area contributed by atoms with Crippen molar-refractivity contribution in [2.75, 3.05) is 0 Å². The van der Waals surface area contributed by atoms with Crippen LogP contribution in [0.2, 0.25) is 0 Å². The van der Waals surface area contributed by atoms with E-state index in [1.54, 1.807) is 42.7 Å². The molecule has 0 spiro atoms. The summed E-state index contributed by atoms with van der Waals surface area (Å²) in [7, 11) is 0. The quantitative estimate of drug-likeness (QED) is 0.291. The van der Waals surface area contributed by atoms with Crippen LogP contribution in [0.1, 0.15) is 22.7 Å². The average Bonchev–Trinajstić information content (AvgIpc) is 3.09. The zero-order valence-corrected chi connectivity index (χ0v) is 17.2. The van der Waals surface area contributed by atoms with Gasteiger partial charge < -0.3 is 10.0 Å². The highest BCUT2D eigenvalue weighted by Gasteiger charge is 2.46. The van der Waals surface area contributed by atoms with E-state index in [1.807, 2.05) is 54.6 Å². The number of pyridine rings is 1. The van der Waals surface area contributed by atoms with E-state index in [0.29, 0.717) is 5.56 Å². The Labute approximate surface area is 185 Å².